The lowest BCUT2D eigenvalue weighted by molar-refractivity contribution is -0.386. The van der Waals surface area contributed by atoms with E-state index in [1.165, 1.54) is 6.92 Å². The molecule has 0 fully saturated rings. The number of carbonyl (C=O) groups excluding carboxylic acids is 1. The van der Waals surface area contributed by atoms with Crippen LogP contribution in [0.3, 0.4) is 0 Å². The maximum absolute atomic E-state index is 12.9. The first-order valence-electron chi connectivity index (χ1n) is 11.3. The van der Waals surface area contributed by atoms with Crippen LogP contribution in [-0.4, -0.2) is 77.1 Å². The van der Waals surface area contributed by atoms with Crippen molar-refractivity contribution in [3.63, 3.8) is 0 Å². The van der Waals surface area contributed by atoms with Gasteiger partial charge in [-0.2, -0.15) is 65.9 Å². The summed E-state index contributed by atoms with van der Waals surface area (Å²) in [6.07, 6.45) is -40.1. The molecule has 0 amide bonds. The third-order valence-corrected chi connectivity index (χ3v) is 5.74. The Labute approximate surface area is 224 Å². The second-order valence-corrected chi connectivity index (χ2v) is 9.53. The van der Waals surface area contributed by atoms with Crippen LogP contribution in [-0.2, 0) is 14.3 Å². The number of rotatable bonds is 10. The predicted octanol–water partition coefficient (Wildman–Crippen LogP) is 7.19. The van der Waals surface area contributed by atoms with E-state index < -0.39 is 79.0 Å². The molecule has 248 valence electrons. The number of aliphatic hydroxyl groups is 2. The minimum Gasteiger partial charge on any atom is -0.462 e. The molecule has 0 bridgehead atoms. The van der Waals surface area contributed by atoms with Crippen LogP contribution in [0.4, 0.5) is 65.9 Å². The average Bonchev–Trinajstić information content (AvgIpc) is 2.73. The molecule has 1 unspecified atom stereocenters. The highest BCUT2D eigenvalue weighted by molar-refractivity contribution is 5.76. The van der Waals surface area contributed by atoms with Crippen LogP contribution >= 0.6 is 0 Å². The Morgan fingerprint density at radius 1 is 0.683 bits per heavy atom. The molecule has 0 spiro atoms. The van der Waals surface area contributed by atoms with Crippen molar-refractivity contribution in [2.24, 2.45) is 5.41 Å². The van der Waals surface area contributed by atoms with E-state index in [0.29, 0.717) is 6.42 Å². The molecule has 0 saturated heterocycles. The summed E-state index contributed by atoms with van der Waals surface area (Å²) in [7, 11) is 0. The first-order valence-corrected chi connectivity index (χ1v) is 11.3. The fraction of sp³-hybridized carbons (Fsp3) is 0.952. The molecule has 0 saturated carbocycles. The molecule has 41 heavy (non-hydrogen) atoms. The number of halogens is 15. The van der Waals surface area contributed by atoms with Crippen molar-refractivity contribution < 1.29 is 90.3 Å². The summed E-state index contributed by atoms with van der Waals surface area (Å²) < 4.78 is 197. The van der Waals surface area contributed by atoms with E-state index >= 15 is 0 Å². The second-order valence-electron chi connectivity index (χ2n) is 9.53. The SMILES string of the molecule is CCC(C)(C)C(=O)OC(CC(O)(C(F)(F)F)C(F)(F)F)CC(O)(C(F)(F)F)C(F)(F)F.CCC(C)OCC(F)(F)F. The molecule has 0 aliphatic rings. The monoisotopic (exact) mass is 646 g/mol. The lowest BCUT2D eigenvalue weighted by Gasteiger charge is -2.39. The lowest BCUT2D eigenvalue weighted by atomic mass is 9.86. The highest BCUT2D eigenvalue weighted by Crippen LogP contribution is 2.50. The number of esters is 1. The molecule has 0 aliphatic carbocycles. The number of hydrogen-bond donors (Lipinski definition) is 2. The standard InChI is InChI=1S/C15H18F12O4.C6H11F3O/c1-4-9(2,3)8(28)31-7(5-10(29,12(16,17)18)13(19,20)21)6-11(30,14(22,23)24)15(25,26)27;1-3-5(2)10-4-6(7,8)9/h7,29-30H,4-6H2,1-3H3;5H,3-4H2,1-2H3. The van der Waals surface area contributed by atoms with Gasteiger partial charge in [0.1, 0.15) is 12.7 Å². The summed E-state index contributed by atoms with van der Waals surface area (Å²) in [5, 5.41) is 18.3. The number of hydrogen-bond acceptors (Lipinski definition) is 5. The number of ether oxygens (including phenoxy) is 2. The van der Waals surface area contributed by atoms with E-state index in [1.54, 1.807) is 13.8 Å². The van der Waals surface area contributed by atoms with Crippen LogP contribution in [0.25, 0.3) is 0 Å². The topological polar surface area (TPSA) is 76.0 Å². The van der Waals surface area contributed by atoms with E-state index in [9.17, 15) is 70.7 Å². The Balaban J connectivity index is 0. The molecule has 5 nitrogen and oxygen atoms in total. The zero-order valence-electron chi connectivity index (χ0n) is 22.0. The van der Waals surface area contributed by atoms with Crippen LogP contribution in [0.1, 0.15) is 60.3 Å². The van der Waals surface area contributed by atoms with Crippen LogP contribution in [0.5, 0.6) is 0 Å². The molecule has 0 aromatic heterocycles. The van der Waals surface area contributed by atoms with Gasteiger partial charge in [0, 0.05) is 12.8 Å². The third kappa shape index (κ3) is 11.8. The van der Waals surface area contributed by atoms with Crippen molar-refractivity contribution in [3.05, 3.63) is 0 Å². The smallest absolute Gasteiger partial charge is 0.426 e. The Bertz CT molecular complexity index is 743. The second kappa shape index (κ2) is 13.7. The van der Waals surface area contributed by atoms with E-state index in [-0.39, 0.29) is 12.5 Å². The maximum Gasteiger partial charge on any atom is 0.426 e. The van der Waals surface area contributed by atoms with Crippen molar-refractivity contribution in [2.75, 3.05) is 6.61 Å². The van der Waals surface area contributed by atoms with Gasteiger partial charge in [-0.3, -0.25) is 4.79 Å². The summed E-state index contributed by atoms with van der Waals surface area (Å²) in [6.45, 7) is 5.49. The molecule has 0 aromatic carbocycles. The van der Waals surface area contributed by atoms with Gasteiger partial charge in [-0.25, -0.2) is 0 Å². The van der Waals surface area contributed by atoms with Crippen LogP contribution in [0, 0.1) is 5.41 Å². The molecule has 20 heteroatoms. The lowest BCUT2D eigenvalue weighted by Crippen LogP contribution is -2.62. The summed E-state index contributed by atoms with van der Waals surface area (Å²) in [4.78, 5) is 12.0. The predicted molar refractivity (Wildman–Crippen MR) is 109 cm³/mol. The van der Waals surface area contributed by atoms with Crippen molar-refractivity contribution in [1.82, 2.24) is 0 Å². The minimum atomic E-state index is -6.63. The molecule has 0 radical (unpaired) electrons. The molecular formula is C21H29F15O5. The van der Waals surface area contributed by atoms with Crippen LogP contribution in [0.2, 0.25) is 0 Å². The first kappa shape index (κ1) is 41.4. The Hall–Kier alpha value is -1.70. The number of alkyl halides is 15. The zero-order chi connectivity index (χ0) is 33.7. The molecular weight excluding hydrogens is 617 g/mol. The van der Waals surface area contributed by atoms with Crippen molar-refractivity contribution in [1.29, 1.82) is 0 Å². The Morgan fingerprint density at radius 2 is 1.00 bits per heavy atom. The van der Waals surface area contributed by atoms with Gasteiger partial charge < -0.3 is 19.7 Å². The molecule has 2 N–H and O–H groups in total. The van der Waals surface area contributed by atoms with E-state index in [0.717, 1.165) is 13.8 Å². The highest BCUT2D eigenvalue weighted by atomic mass is 19.4. The minimum absolute atomic E-state index is 0.232. The fourth-order valence-corrected chi connectivity index (χ4v) is 2.41. The largest absolute Gasteiger partial charge is 0.462 e. The van der Waals surface area contributed by atoms with Gasteiger partial charge in [0.2, 0.25) is 0 Å². The van der Waals surface area contributed by atoms with Gasteiger partial charge in [0.05, 0.1) is 11.5 Å². The van der Waals surface area contributed by atoms with Crippen LogP contribution < -0.4 is 0 Å². The third-order valence-electron chi connectivity index (χ3n) is 5.74. The first-order chi connectivity index (χ1) is 17.7. The number of carbonyl (C=O) groups is 1. The van der Waals surface area contributed by atoms with Crippen molar-refractivity contribution >= 4 is 5.97 Å². The summed E-state index contributed by atoms with van der Waals surface area (Å²) >= 11 is 0. The molecule has 0 heterocycles. The van der Waals surface area contributed by atoms with Gasteiger partial charge in [0.15, 0.2) is 0 Å². The summed E-state index contributed by atoms with van der Waals surface area (Å²) in [5.41, 5.74) is -13.4. The summed E-state index contributed by atoms with van der Waals surface area (Å²) in [5.74, 6) is -1.75. The fourth-order valence-electron chi connectivity index (χ4n) is 2.41. The van der Waals surface area contributed by atoms with Gasteiger partial charge in [-0.1, -0.05) is 13.8 Å². The Morgan fingerprint density at radius 3 is 1.22 bits per heavy atom. The molecule has 0 aromatic rings. The quantitative estimate of drug-likeness (QED) is 0.194. The molecule has 0 rings (SSSR count). The van der Waals surface area contributed by atoms with E-state index in [2.05, 4.69) is 9.47 Å². The van der Waals surface area contributed by atoms with Gasteiger partial charge in [-0.15, -0.1) is 0 Å². The maximum atomic E-state index is 12.9. The highest BCUT2D eigenvalue weighted by Gasteiger charge is 2.74. The summed E-state index contributed by atoms with van der Waals surface area (Å²) in [6, 6.07) is 0. The molecule has 1 atom stereocenters. The van der Waals surface area contributed by atoms with E-state index in [4.69, 9.17) is 10.2 Å². The molecule has 0 aliphatic heterocycles. The van der Waals surface area contributed by atoms with Crippen LogP contribution in [0.15, 0.2) is 0 Å². The van der Waals surface area contributed by atoms with Gasteiger partial charge in [-0.05, 0) is 33.6 Å². The van der Waals surface area contributed by atoms with Gasteiger partial charge >= 0.3 is 36.9 Å². The van der Waals surface area contributed by atoms with E-state index in [1.807, 2.05) is 0 Å². The normalized spacial score (nSPS) is 15.4. The Kier molecular flexibility index (Phi) is 13.9. The van der Waals surface area contributed by atoms with Crippen molar-refractivity contribution in [2.45, 2.75) is 115 Å². The van der Waals surface area contributed by atoms with Crippen molar-refractivity contribution in [3.8, 4) is 0 Å². The average molecular weight is 646 g/mol. The zero-order valence-corrected chi connectivity index (χ0v) is 22.0. The van der Waals surface area contributed by atoms with Gasteiger partial charge in [0.25, 0.3) is 11.2 Å².